The molecule has 0 aliphatic rings. The number of hydrogen-bond donors (Lipinski definition) is 0. The van der Waals surface area contributed by atoms with Gasteiger partial charge in [-0.25, -0.2) is 0 Å². The molecule has 0 atom stereocenters. The fourth-order valence-electron chi connectivity index (χ4n) is 0.984. The minimum atomic E-state index is -6.35. The minimum Gasteiger partial charge on any atom is -0.188 e. The van der Waals surface area contributed by atoms with Gasteiger partial charge in [0.25, 0.3) is 0 Å². The molecule has 0 heterocycles. The predicted molar refractivity (Wildman–Crippen MR) is 71.3 cm³/mol. The second-order valence-corrected chi connectivity index (χ2v) is 7.14. The normalized spacial score (nSPS) is 13.7. The van der Waals surface area contributed by atoms with Crippen LogP contribution in [0, 0.1) is 0 Å². The van der Waals surface area contributed by atoms with Crippen molar-refractivity contribution in [2.24, 2.45) is 0 Å². The summed E-state index contributed by atoms with van der Waals surface area (Å²) in [5.41, 5.74) is 0. The fourth-order valence-corrected chi connectivity index (χ4v) is 4.54. The summed E-state index contributed by atoms with van der Waals surface area (Å²) >= 11 is 7.79. The minimum absolute atomic E-state index is 0.0543. The summed E-state index contributed by atoms with van der Waals surface area (Å²) in [6, 6.07) is 2.49. The Labute approximate surface area is 137 Å². The lowest BCUT2D eigenvalue weighted by molar-refractivity contribution is -0.330. The predicted octanol–water partition coefficient (Wildman–Crippen LogP) is 6.86. The van der Waals surface area contributed by atoms with Crippen LogP contribution in [0.5, 0.6) is 0 Å². The molecule has 0 N–H and O–H groups in total. The average Bonchev–Trinajstić information content (AvgIpc) is 2.21. The number of alkyl halides is 7. The Balaban J connectivity index is 3.22. The van der Waals surface area contributed by atoms with E-state index in [1.807, 2.05) is 0 Å². The highest BCUT2D eigenvalue weighted by Gasteiger charge is 2.73. The molecule has 11 heteroatoms. The number of hydrogen-bond acceptors (Lipinski definition) is 1. The smallest absolute Gasteiger partial charge is 0.188 e. The molecule has 0 unspecified atom stereocenters. The number of thioether (sulfide) groups is 1. The lowest BCUT2D eigenvalue weighted by Gasteiger charge is -2.28. The average molecular weight is 515 g/mol. The Bertz CT molecular complexity index is 492. The summed E-state index contributed by atoms with van der Waals surface area (Å²) in [5, 5.41) is -5.36. The molecule has 1 aromatic carbocycles. The summed E-state index contributed by atoms with van der Waals surface area (Å²) in [7, 11) is 0. The maximum atomic E-state index is 13.3. The molecule has 0 spiro atoms. The Morgan fingerprint density at radius 2 is 1.20 bits per heavy atom. The van der Waals surface area contributed by atoms with E-state index in [1.165, 1.54) is 12.1 Å². The van der Waals surface area contributed by atoms with E-state index in [4.69, 9.17) is 0 Å². The van der Waals surface area contributed by atoms with E-state index < -0.39 is 34.0 Å². The van der Waals surface area contributed by atoms with Crippen LogP contribution in [0.3, 0.4) is 0 Å². The van der Waals surface area contributed by atoms with Gasteiger partial charge in [-0.2, -0.15) is 30.7 Å². The molecule has 0 aliphatic carbocycles. The third-order valence-corrected chi connectivity index (χ3v) is 5.31. The largest absolute Gasteiger partial charge is 0.460 e. The van der Waals surface area contributed by atoms with E-state index in [-0.39, 0.29) is 8.95 Å². The molecule has 0 aliphatic heterocycles. The maximum absolute atomic E-state index is 13.3. The maximum Gasteiger partial charge on any atom is 0.460 e. The molecule has 1 aromatic rings. The zero-order chi connectivity index (χ0) is 15.9. The van der Waals surface area contributed by atoms with Crippen molar-refractivity contribution in [2.45, 2.75) is 22.2 Å². The van der Waals surface area contributed by atoms with Crippen molar-refractivity contribution in [3.05, 3.63) is 25.6 Å². The monoisotopic (exact) mass is 512 g/mol. The summed E-state index contributed by atoms with van der Waals surface area (Å²) in [6.45, 7) is 0. The molecular weight excluding hydrogens is 513 g/mol. The zero-order valence-corrected chi connectivity index (χ0v) is 14.4. The Morgan fingerprint density at radius 1 is 0.800 bits per heavy atom. The third kappa shape index (κ3) is 3.64. The highest BCUT2D eigenvalue weighted by Crippen LogP contribution is 2.56. The second kappa shape index (κ2) is 5.96. The van der Waals surface area contributed by atoms with E-state index in [0.29, 0.717) is 4.47 Å². The summed E-state index contributed by atoms with van der Waals surface area (Å²) in [5.74, 6) is -6.16. The molecular formula is C9H2Br3F7S. The van der Waals surface area contributed by atoms with Crippen LogP contribution in [-0.2, 0) is 0 Å². The first-order valence-electron chi connectivity index (χ1n) is 4.45. The van der Waals surface area contributed by atoms with Gasteiger partial charge in [-0.05, 0) is 55.8 Å². The summed E-state index contributed by atoms with van der Waals surface area (Å²) in [6.07, 6.45) is -6.35. The van der Waals surface area contributed by atoms with Crippen molar-refractivity contribution >= 4 is 59.6 Å². The summed E-state index contributed by atoms with van der Waals surface area (Å²) in [4.78, 5) is -0.470. The third-order valence-electron chi connectivity index (χ3n) is 1.91. The molecule has 114 valence electrons. The van der Waals surface area contributed by atoms with Crippen molar-refractivity contribution in [2.75, 3.05) is 0 Å². The fraction of sp³-hybridized carbons (Fsp3) is 0.333. The van der Waals surface area contributed by atoms with Crippen LogP contribution in [0.25, 0.3) is 0 Å². The topological polar surface area (TPSA) is 0 Å². The van der Waals surface area contributed by atoms with E-state index in [2.05, 4.69) is 47.8 Å². The van der Waals surface area contributed by atoms with Gasteiger partial charge in [0.1, 0.15) is 0 Å². The van der Waals surface area contributed by atoms with Gasteiger partial charge in [0.05, 0.1) is 0 Å². The molecule has 0 nitrogen and oxygen atoms in total. The SMILES string of the molecule is FC(F)(F)C(F)(F)C(F)(F)Sc1c(Br)cc(Br)cc1Br. The van der Waals surface area contributed by atoms with Crippen LogP contribution in [0.1, 0.15) is 0 Å². The van der Waals surface area contributed by atoms with Crippen LogP contribution >= 0.6 is 59.6 Å². The van der Waals surface area contributed by atoms with Gasteiger partial charge in [-0.15, -0.1) is 0 Å². The first kappa shape index (κ1) is 18.6. The molecule has 0 amide bonds. The van der Waals surface area contributed by atoms with Gasteiger partial charge in [0.15, 0.2) is 0 Å². The quantitative estimate of drug-likeness (QED) is 0.314. The van der Waals surface area contributed by atoms with Crippen LogP contribution in [0.15, 0.2) is 30.4 Å². The van der Waals surface area contributed by atoms with Gasteiger partial charge in [-0.3, -0.25) is 0 Å². The lowest BCUT2D eigenvalue weighted by Crippen LogP contribution is -2.49. The van der Waals surface area contributed by atoms with E-state index in [0.717, 1.165) is 0 Å². The van der Waals surface area contributed by atoms with Crippen LogP contribution < -0.4 is 0 Å². The molecule has 1 rings (SSSR count). The molecule has 0 saturated heterocycles. The molecule has 0 saturated carbocycles. The van der Waals surface area contributed by atoms with Crippen molar-refractivity contribution < 1.29 is 30.7 Å². The second-order valence-electron chi connectivity index (χ2n) is 3.39. The zero-order valence-electron chi connectivity index (χ0n) is 8.84. The molecule has 20 heavy (non-hydrogen) atoms. The van der Waals surface area contributed by atoms with Crippen LogP contribution in [0.4, 0.5) is 30.7 Å². The first-order valence-corrected chi connectivity index (χ1v) is 7.65. The van der Waals surface area contributed by atoms with E-state index in [1.54, 1.807) is 0 Å². The molecule has 0 bridgehead atoms. The van der Waals surface area contributed by atoms with Crippen molar-refractivity contribution in [3.63, 3.8) is 0 Å². The Morgan fingerprint density at radius 3 is 1.55 bits per heavy atom. The van der Waals surface area contributed by atoms with Crippen molar-refractivity contribution in [3.8, 4) is 0 Å². The van der Waals surface area contributed by atoms with Crippen LogP contribution in [0.2, 0.25) is 0 Å². The highest BCUT2D eigenvalue weighted by molar-refractivity contribution is 9.11. The van der Waals surface area contributed by atoms with Gasteiger partial charge in [0.2, 0.25) is 0 Å². The number of rotatable bonds is 3. The van der Waals surface area contributed by atoms with Gasteiger partial charge >= 0.3 is 17.4 Å². The standard InChI is InChI=1S/C9H2Br3F7S/c10-3-1-4(11)6(5(12)2-3)20-9(18,19)7(13,14)8(15,16)17/h1-2H. The van der Waals surface area contributed by atoms with Gasteiger partial charge in [0, 0.05) is 18.3 Å². The highest BCUT2D eigenvalue weighted by atomic mass is 79.9. The summed E-state index contributed by atoms with van der Waals surface area (Å²) < 4.78 is 88.6. The van der Waals surface area contributed by atoms with Crippen LogP contribution in [-0.4, -0.2) is 17.4 Å². The van der Waals surface area contributed by atoms with E-state index >= 15 is 0 Å². The van der Waals surface area contributed by atoms with Gasteiger partial charge < -0.3 is 0 Å². The van der Waals surface area contributed by atoms with E-state index in [9.17, 15) is 30.7 Å². The van der Waals surface area contributed by atoms with Crippen molar-refractivity contribution in [1.29, 1.82) is 0 Å². The lowest BCUT2D eigenvalue weighted by atomic mass is 10.3. The number of benzene rings is 1. The van der Waals surface area contributed by atoms with Crippen molar-refractivity contribution in [1.82, 2.24) is 0 Å². The molecule has 0 aromatic heterocycles. The number of halogens is 10. The molecule has 0 fully saturated rings. The Kier molecular flexibility index (Phi) is 5.53. The molecule has 0 radical (unpaired) electrons. The first-order chi connectivity index (χ1) is 8.79. The Hall–Kier alpha value is 0.520. The van der Waals surface area contributed by atoms with Gasteiger partial charge in [-0.1, -0.05) is 15.9 Å².